The van der Waals surface area contributed by atoms with Crippen molar-refractivity contribution in [3.63, 3.8) is 0 Å². The molecule has 0 aliphatic rings. The molecule has 1 N–H and O–H groups in total. The first kappa shape index (κ1) is 9.64. The van der Waals surface area contributed by atoms with E-state index in [0.29, 0.717) is 11.2 Å². The molecule has 4 nitrogen and oxygen atoms in total. The summed E-state index contributed by atoms with van der Waals surface area (Å²) in [5.41, 5.74) is 0.501. The van der Waals surface area contributed by atoms with E-state index >= 15 is 0 Å². The van der Waals surface area contributed by atoms with E-state index in [1.807, 2.05) is 0 Å². The lowest BCUT2D eigenvalue weighted by Crippen LogP contribution is -2.10. The molecule has 0 amide bonds. The maximum absolute atomic E-state index is 13.3. The summed E-state index contributed by atoms with van der Waals surface area (Å²) in [6.45, 7) is 1.57. The molecular weight excluding hydrogens is 199 g/mol. The number of benzene rings is 1. The van der Waals surface area contributed by atoms with Crippen LogP contribution in [0.5, 0.6) is 5.75 Å². The van der Waals surface area contributed by atoms with Crippen molar-refractivity contribution in [1.82, 2.24) is 10.2 Å². The van der Waals surface area contributed by atoms with Gasteiger partial charge >= 0.3 is 0 Å². The van der Waals surface area contributed by atoms with Crippen LogP contribution in [0.15, 0.2) is 16.9 Å². The van der Waals surface area contributed by atoms with Crippen LogP contribution in [0.4, 0.5) is 4.39 Å². The number of aromatic nitrogens is 2. The number of nitrogens with one attached hydrogen (secondary N) is 1. The SMILES string of the molecule is COc1cc2[nH]nc(C)c(=O)c2cc1F. The average molecular weight is 208 g/mol. The van der Waals surface area contributed by atoms with Gasteiger partial charge in [-0.2, -0.15) is 5.10 Å². The molecule has 1 heterocycles. The normalized spacial score (nSPS) is 10.6. The van der Waals surface area contributed by atoms with Crippen molar-refractivity contribution >= 4 is 10.9 Å². The van der Waals surface area contributed by atoms with Crippen LogP contribution in [-0.2, 0) is 0 Å². The number of aromatic amines is 1. The van der Waals surface area contributed by atoms with E-state index < -0.39 is 5.82 Å². The number of nitrogens with zero attached hydrogens (tertiary/aromatic N) is 1. The summed E-state index contributed by atoms with van der Waals surface area (Å²) in [4.78, 5) is 11.6. The summed E-state index contributed by atoms with van der Waals surface area (Å²) >= 11 is 0. The number of fused-ring (bicyclic) bond motifs is 1. The Balaban J connectivity index is 2.88. The smallest absolute Gasteiger partial charge is 0.210 e. The van der Waals surface area contributed by atoms with Crippen LogP contribution in [0.25, 0.3) is 10.9 Å². The molecule has 0 aliphatic heterocycles. The van der Waals surface area contributed by atoms with E-state index in [-0.39, 0.29) is 16.6 Å². The summed E-state index contributed by atoms with van der Waals surface area (Å²) < 4.78 is 18.1. The predicted octanol–water partition coefficient (Wildman–Crippen LogP) is 1.38. The Kier molecular flexibility index (Phi) is 2.15. The topological polar surface area (TPSA) is 55.0 Å². The van der Waals surface area contributed by atoms with Crippen LogP contribution < -0.4 is 10.2 Å². The van der Waals surface area contributed by atoms with Gasteiger partial charge in [-0.05, 0) is 13.0 Å². The molecule has 0 spiro atoms. The van der Waals surface area contributed by atoms with Crippen molar-refractivity contribution in [2.45, 2.75) is 6.92 Å². The summed E-state index contributed by atoms with van der Waals surface area (Å²) in [5.74, 6) is -0.468. The molecule has 0 unspecified atom stereocenters. The lowest BCUT2D eigenvalue weighted by Gasteiger charge is -2.03. The van der Waals surface area contributed by atoms with Gasteiger partial charge in [0, 0.05) is 6.07 Å². The van der Waals surface area contributed by atoms with Crippen molar-refractivity contribution < 1.29 is 9.13 Å². The van der Waals surface area contributed by atoms with Gasteiger partial charge in [-0.3, -0.25) is 9.89 Å². The highest BCUT2D eigenvalue weighted by molar-refractivity contribution is 5.79. The summed E-state index contributed by atoms with van der Waals surface area (Å²) in [6, 6.07) is 2.57. The number of halogens is 1. The first-order valence-electron chi connectivity index (χ1n) is 4.36. The Morgan fingerprint density at radius 3 is 2.87 bits per heavy atom. The van der Waals surface area contributed by atoms with Gasteiger partial charge in [-0.15, -0.1) is 0 Å². The van der Waals surface area contributed by atoms with E-state index in [0.717, 1.165) is 6.07 Å². The van der Waals surface area contributed by atoms with Crippen molar-refractivity contribution in [3.05, 3.63) is 33.9 Å². The maximum Gasteiger partial charge on any atom is 0.210 e. The molecule has 5 heteroatoms. The number of aryl methyl sites for hydroxylation is 1. The van der Waals surface area contributed by atoms with Gasteiger partial charge in [-0.1, -0.05) is 0 Å². The van der Waals surface area contributed by atoms with Gasteiger partial charge in [0.05, 0.1) is 18.0 Å². The predicted molar refractivity (Wildman–Crippen MR) is 53.6 cm³/mol. The van der Waals surface area contributed by atoms with Gasteiger partial charge in [0.2, 0.25) is 5.43 Å². The van der Waals surface area contributed by atoms with E-state index in [2.05, 4.69) is 10.2 Å². The molecule has 0 saturated carbocycles. The van der Waals surface area contributed by atoms with Crippen molar-refractivity contribution in [2.24, 2.45) is 0 Å². The quantitative estimate of drug-likeness (QED) is 0.770. The Bertz CT molecular complexity index is 577. The number of hydrogen-bond donors (Lipinski definition) is 1. The number of rotatable bonds is 1. The zero-order chi connectivity index (χ0) is 11.0. The molecule has 0 radical (unpaired) electrons. The number of ether oxygens (including phenoxy) is 1. The van der Waals surface area contributed by atoms with Gasteiger partial charge in [0.25, 0.3) is 0 Å². The maximum atomic E-state index is 13.3. The van der Waals surface area contributed by atoms with Crippen molar-refractivity contribution in [2.75, 3.05) is 7.11 Å². The second-order valence-electron chi connectivity index (χ2n) is 3.17. The molecule has 0 bridgehead atoms. The lowest BCUT2D eigenvalue weighted by atomic mass is 10.2. The minimum Gasteiger partial charge on any atom is -0.494 e. The van der Waals surface area contributed by atoms with Crippen LogP contribution in [0.2, 0.25) is 0 Å². The van der Waals surface area contributed by atoms with Crippen LogP contribution in [0.1, 0.15) is 5.69 Å². The summed E-state index contributed by atoms with van der Waals surface area (Å²) in [7, 11) is 1.37. The third-order valence-corrected chi connectivity index (χ3v) is 2.21. The third-order valence-electron chi connectivity index (χ3n) is 2.21. The van der Waals surface area contributed by atoms with Crippen LogP contribution in [0, 0.1) is 12.7 Å². The molecular formula is C10H9FN2O2. The van der Waals surface area contributed by atoms with E-state index in [1.54, 1.807) is 6.92 Å². The molecule has 15 heavy (non-hydrogen) atoms. The van der Waals surface area contributed by atoms with Crippen molar-refractivity contribution in [1.29, 1.82) is 0 Å². The van der Waals surface area contributed by atoms with Crippen LogP contribution in [-0.4, -0.2) is 17.3 Å². The average Bonchev–Trinajstić information content (AvgIpc) is 2.24. The fraction of sp³-hybridized carbons (Fsp3) is 0.200. The van der Waals surface area contributed by atoms with Crippen LogP contribution in [0.3, 0.4) is 0 Å². The molecule has 1 aromatic carbocycles. The summed E-state index contributed by atoms with van der Waals surface area (Å²) in [6.07, 6.45) is 0. The van der Waals surface area contributed by atoms with Gasteiger partial charge < -0.3 is 4.74 Å². The zero-order valence-corrected chi connectivity index (χ0v) is 8.30. The minimum absolute atomic E-state index is 0.0869. The van der Waals surface area contributed by atoms with Crippen molar-refractivity contribution in [3.8, 4) is 5.75 Å². The Morgan fingerprint density at radius 1 is 1.47 bits per heavy atom. The lowest BCUT2D eigenvalue weighted by molar-refractivity contribution is 0.387. The standard InChI is InChI=1S/C10H9FN2O2/c1-5-10(14)6-3-7(11)9(15-2)4-8(6)13-12-5/h3-4H,1-2H3,(H,13,14). The summed E-state index contributed by atoms with van der Waals surface area (Å²) in [5, 5.41) is 6.74. The van der Waals surface area contributed by atoms with Gasteiger partial charge in [-0.25, -0.2) is 4.39 Å². The highest BCUT2D eigenvalue weighted by atomic mass is 19.1. The minimum atomic E-state index is -0.555. The van der Waals surface area contributed by atoms with E-state index in [4.69, 9.17) is 4.74 Å². The van der Waals surface area contributed by atoms with E-state index in [1.165, 1.54) is 13.2 Å². The fourth-order valence-corrected chi connectivity index (χ4v) is 1.38. The largest absolute Gasteiger partial charge is 0.494 e. The second-order valence-corrected chi connectivity index (χ2v) is 3.17. The molecule has 78 valence electrons. The monoisotopic (exact) mass is 208 g/mol. The molecule has 2 aromatic rings. The van der Waals surface area contributed by atoms with Gasteiger partial charge in [0.15, 0.2) is 11.6 Å². The van der Waals surface area contributed by atoms with E-state index in [9.17, 15) is 9.18 Å². The fourth-order valence-electron chi connectivity index (χ4n) is 1.38. The Labute approximate surface area is 84.7 Å². The molecule has 0 saturated heterocycles. The number of hydrogen-bond acceptors (Lipinski definition) is 3. The first-order valence-corrected chi connectivity index (χ1v) is 4.36. The molecule has 2 rings (SSSR count). The zero-order valence-electron chi connectivity index (χ0n) is 8.30. The second kappa shape index (κ2) is 3.34. The Hall–Kier alpha value is -1.91. The number of methoxy groups -OCH3 is 1. The Morgan fingerprint density at radius 2 is 2.20 bits per heavy atom. The molecule has 1 aromatic heterocycles. The molecule has 0 fully saturated rings. The number of H-pyrrole nitrogens is 1. The van der Waals surface area contributed by atoms with Crippen LogP contribution >= 0.6 is 0 Å². The highest BCUT2D eigenvalue weighted by Crippen LogP contribution is 2.20. The van der Waals surface area contributed by atoms with Gasteiger partial charge in [0.1, 0.15) is 5.69 Å². The molecule has 0 atom stereocenters. The third kappa shape index (κ3) is 1.45. The molecule has 0 aliphatic carbocycles. The highest BCUT2D eigenvalue weighted by Gasteiger charge is 2.09. The first-order chi connectivity index (χ1) is 7.13.